The number of carbonyl (C=O) groups is 2. The van der Waals surface area contributed by atoms with Gasteiger partial charge < -0.3 is 20.4 Å². The molecule has 0 radical (unpaired) electrons. The molecule has 4 saturated carbocycles. The van der Waals surface area contributed by atoms with Crippen molar-refractivity contribution in [1.29, 1.82) is 0 Å². The second-order valence-electron chi connectivity index (χ2n) is 10.3. The molecule has 4 atom stereocenters. The molecule has 164 valence electrons. The number of amides is 2. The van der Waals surface area contributed by atoms with Crippen LogP contribution in [0.15, 0.2) is 16.4 Å². The molecule has 8 nitrogen and oxygen atoms in total. The van der Waals surface area contributed by atoms with Gasteiger partial charge in [0.15, 0.2) is 0 Å². The zero-order valence-corrected chi connectivity index (χ0v) is 17.8. The first-order chi connectivity index (χ1) is 14.2. The number of rotatable bonds is 5. The van der Waals surface area contributed by atoms with E-state index in [2.05, 4.69) is 17.3 Å². The van der Waals surface area contributed by atoms with Crippen LogP contribution in [0.3, 0.4) is 0 Å². The van der Waals surface area contributed by atoms with Crippen molar-refractivity contribution in [2.45, 2.75) is 81.5 Å². The van der Waals surface area contributed by atoms with Crippen LogP contribution >= 0.6 is 0 Å². The molecule has 8 heteroatoms. The molecule has 2 heterocycles. The van der Waals surface area contributed by atoms with Crippen molar-refractivity contribution in [3.05, 3.63) is 11.3 Å². The minimum atomic E-state index is -0.706. The molecule has 0 aromatic heterocycles. The summed E-state index contributed by atoms with van der Waals surface area (Å²) in [6.45, 7) is 2.58. The Hall–Kier alpha value is -2.09. The molecule has 0 saturated heterocycles. The minimum Gasteiger partial charge on any atom is -0.509 e. The van der Waals surface area contributed by atoms with Crippen molar-refractivity contribution in [3.8, 4) is 0 Å². The molecular weight excluding hydrogens is 384 g/mol. The number of hydrogen-bond acceptors (Lipinski definition) is 6. The van der Waals surface area contributed by atoms with Crippen LogP contribution in [0.4, 0.5) is 0 Å². The van der Waals surface area contributed by atoms with Crippen LogP contribution in [0.2, 0.25) is 0 Å². The Labute approximate surface area is 177 Å². The lowest BCUT2D eigenvalue weighted by Gasteiger charge is -2.60. The highest BCUT2D eigenvalue weighted by Gasteiger charge is 2.58. The van der Waals surface area contributed by atoms with Crippen LogP contribution in [0, 0.1) is 11.8 Å². The van der Waals surface area contributed by atoms with Crippen molar-refractivity contribution >= 4 is 18.0 Å². The zero-order valence-electron chi connectivity index (χ0n) is 17.8. The van der Waals surface area contributed by atoms with Crippen LogP contribution < -0.4 is 5.32 Å². The van der Waals surface area contributed by atoms with Gasteiger partial charge in [-0.2, -0.15) is 5.10 Å². The van der Waals surface area contributed by atoms with E-state index in [1.165, 1.54) is 0 Å². The number of hydrazone groups is 1. The molecule has 0 aromatic rings. The molecule has 6 rings (SSSR count). The summed E-state index contributed by atoms with van der Waals surface area (Å²) in [5.74, 6) is -0.297. The first kappa shape index (κ1) is 19.8. The SMILES string of the molecule is CCCCN1C(=O)C(C(=O)NC23CC4CC(CC(O)(C4)C2)C3)=C(O)C2C1C=NN2C. The number of likely N-dealkylation sites (N-methyl/N-ethyl adjacent to an activating group) is 1. The first-order valence-corrected chi connectivity index (χ1v) is 11.3. The molecule has 4 fully saturated rings. The van der Waals surface area contributed by atoms with Crippen LogP contribution in [0.25, 0.3) is 0 Å². The van der Waals surface area contributed by atoms with Gasteiger partial charge in [0, 0.05) is 25.3 Å². The maximum absolute atomic E-state index is 13.4. The fraction of sp³-hybridized carbons (Fsp3) is 0.773. The maximum atomic E-state index is 13.4. The molecule has 4 aliphatic carbocycles. The van der Waals surface area contributed by atoms with Gasteiger partial charge >= 0.3 is 0 Å². The van der Waals surface area contributed by atoms with E-state index >= 15 is 0 Å². The summed E-state index contributed by atoms with van der Waals surface area (Å²) in [5, 5.41) is 30.9. The smallest absolute Gasteiger partial charge is 0.263 e. The van der Waals surface area contributed by atoms with E-state index < -0.39 is 29.0 Å². The number of hydrogen-bond donors (Lipinski definition) is 3. The van der Waals surface area contributed by atoms with Crippen LogP contribution in [-0.4, -0.2) is 75.0 Å². The molecule has 0 spiro atoms. The Bertz CT molecular complexity index is 823. The van der Waals surface area contributed by atoms with Crippen molar-refractivity contribution in [2.24, 2.45) is 16.9 Å². The van der Waals surface area contributed by atoms with Gasteiger partial charge in [0.25, 0.3) is 11.8 Å². The van der Waals surface area contributed by atoms with E-state index in [-0.39, 0.29) is 17.4 Å². The Morgan fingerprint density at radius 1 is 1.30 bits per heavy atom. The molecule has 2 aliphatic heterocycles. The van der Waals surface area contributed by atoms with Crippen LogP contribution in [-0.2, 0) is 9.59 Å². The third kappa shape index (κ3) is 2.94. The van der Waals surface area contributed by atoms with Gasteiger partial charge in [-0.15, -0.1) is 0 Å². The molecule has 30 heavy (non-hydrogen) atoms. The number of carbonyl (C=O) groups excluding carboxylic acids is 2. The molecule has 2 amide bonds. The van der Waals surface area contributed by atoms with Crippen molar-refractivity contribution in [3.63, 3.8) is 0 Å². The van der Waals surface area contributed by atoms with Gasteiger partial charge in [0.1, 0.15) is 17.4 Å². The monoisotopic (exact) mass is 416 g/mol. The fourth-order valence-corrected chi connectivity index (χ4v) is 7.13. The number of aliphatic hydroxyl groups is 2. The second kappa shape index (κ2) is 6.70. The Kier molecular flexibility index (Phi) is 4.44. The maximum Gasteiger partial charge on any atom is 0.263 e. The standard InChI is InChI=1S/C22H32N4O4/c1-3-4-5-26-15-11-23-25(2)17(15)18(27)16(20(26)29)19(28)24-21-7-13-6-14(8-21)10-22(30,9-13)12-21/h11,13-15,17,27,30H,3-10,12H2,1-2H3,(H,24,28). The quantitative estimate of drug-likeness (QED) is 0.586. The fourth-order valence-electron chi connectivity index (χ4n) is 7.13. The molecular formula is C22H32N4O4. The predicted molar refractivity (Wildman–Crippen MR) is 111 cm³/mol. The summed E-state index contributed by atoms with van der Waals surface area (Å²) in [6, 6.07) is -0.883. The Balaban J connectivity index is 1.44. The Morgan fingerprint density at radius 3 is 2.63 bits per heavy atom. The molecule has 3 N–H and O–H groups in total. The second-order valence-corrected chi connectivity index (χ2v) is 10.3. The molecule has 4 bridgehead atoms. The third-order valence-corrected chi connectivity index (χ3v) is 7.89. The molecule has 6 aliphatic rings. The van der Waals surface area contributed by atoms with Gasteiger partial charge in [-0.05, 0) is 56.8 Å². The van der Waals surface area contributed by atoms with E-state index in [4.69, 9.17) is 0 Å². The number of fused-ring (bicyclic) bond motifs is 1. The van der Waals surface area contributed by atoms with Gasteiger partial charge in [-0.3, -0.25) is 14.6 Å². The van der Waals surface area contributed by atoms with Crippen molar-refractivity contribution in [2.75, 3.05) is 13.6 Å². The van der Waals surface area contributed by atoms with Crippen molar-refractivity contribution in [1.82, 2.24) is 15.2 Å². The lowest BCUT2D eigenvalue weighted by Crippen LogP contribution is -2.66. The number of aliphatic hydroxyl groups excluding tert-OH is 1. The summed E-state index contributed by atoms with van der Waals surface area (Å²) >= 11 is 0. The summed E-state index contributed by atoms with van der Waals surface area (Å²) in [7, 11) is 1.75. The lowest BCUT2D eigenvalue weighted by atomic mass is 9.51. The topological polar surface area (TPSA) is 105 Å². The molecule has 4 unspecified atom stereocenters. The minimum absolute atomic E-state index is 0.160. The van der Waals surface area contributed by atoms with Gasteiger partial charge in [0.2, 0.25) is 0 Å². The highest BCUT2D eigenvalue weighted by Crippen LogP contribution is 2.57. The lowest BCUT2D eigenvalue weighted by molar-refractivity contribution is -0.150. The summed E-state index contributed by atoms with van der Waals surface area (Å²) in [5.41, 5.74) is -1.35. The van der Waals surface area contributed by atoms with Crippen LogP contribution in [0.1, 0.15) is 58.3 Å². The summed E-state index contributed by atoms with van der Waals surface area (Å²) < 4.78 is 0. The number of nitrogens with zero attached hydrogens (tertiary/aromatic N) is 3. The van der Waals surface area contributed by atoms with E-state index in [1.807, 2.05) is 0 Å². The highest BCUT2D eigenvalue weighted by molar-refractivity contribution is 6.20. The predicted octanol–water partition coefficient (Wildman–Crippen LogP) is 1.31. The number of nitrogens with one attached hydrogen (secondary N) is 1. The van der Waals surface area contributed by atoms with E-state index in [1.54, 1.807) is 23.2 Å². The summed E-state index contributed by atoms with van der Waals surface area (Å²) in [4.78, 5) is 28.4. The van der Waals surface area contributed by atoms with E-state index in [9.17, 15) is 19.8 Å². The number of unbranched alkanes of at least 4 members (excludes halogenated alkanes) is 1. The average Bonchev–Trinajstić information content (AvgIpc) is 3.01. The Morgan fingerprint density at radius 2 is 2.00 bits per heavy atom. The van der Waals surface area contributed by atoms with Gasteiger partial charge in [0.05, 0.1) is 11.6 Å². The molecule has 0 aromatic carbocycles. The van der Waals surface area contributed by atoms with Gasteiger partial charge in [-0.25, -0.2) is 0 Å². The zero-order chi connectivity index (χ0) is 21.3. The largest absolute Gasteiger partial charge is 0.509 e. The first-order valence-electron chi connectivity index (χ1n) is 11.3. The van der Waals surface area contributed by atoms with Crippen LogP contribution in [0.5, 0.6) is 0 Å². The summed E-state index contributed by atoms with van der Waals surface area (Å²) in [6.07, 6.45) is 8.38. The highest BCUT2D eigenvalue weighted by atomic mass is 16.3. The van der Waals surface area contributed by atoms with Crippen molar-refractivity contribution < 1.29 is 19.8 Å². The normalized spacial score (nSPS) is 41.6. The van der Waals surface area contributed by atoms with E-state index in [0.29, 0.717) is 24.8 Å². The third-order valence-electron chi connectivity index (χ3n) is 7.89. The van der Waals surface area contributed by atoms with Gasteiger partial charge in [-0.1, -0.05) is 13.3 Å². The average molecular weight is 417 g/mol. The van der Waals surface area contributed by atoms with E-state index in [0.717, 1.165) is 44.9 Å².